The van der Waals surface area contributed by atoms with Gasteiger partial charge in [-0.05, 0) is 50.6 Å². The maximum absolute atomic E-state index is 13.0. The van der Waals surface area contributed by atoms with E-state index in [2.05, 4.69) is 6.92 Å². The summed E-state index contributed by atoms with van der Waals surface area (Å²) >= 11 is 6.79. The summed E-state index contributed by atoms with van der Waals surface area (Å²) in [6.45, 7) is 6.76. The number of ether oxygens (including phenoxy) is 1. The van der Waals surface area contributed by atoms with Crippen LogP contribution in [0.15, 0.2) is 65.7 Å². The molecular formula is C26H27N3O2S2. The summed E-state index contributed by atoms with van der Waals surface area (Å²) in [4.78, 5) is 15.3. The standard InChI is InChI=1S/C26H27N3O2S2/c1-4-5-14-31-22-13-9-10-19(15-22)24-20(17-28(27-24)21-11-7-6-8-12-21)16-23-25(30)29(18(2)3)26(32)33-23/h6-13,15-18H,4-5,14H2,1-3H3/b23-16-. The smallest absolute Gasteiger partial charge is 0.266 e. The van der Waals surface area contributed by atoms with Gasteiger partial charge in [-0.3, -0.25) is 9.69 Å². The largest absolute Gasteiger partial charge is 0.494 e. The van der Waals surface area contributed by atoms with E-state index >= 15 is 0 Å². The molecular weight excluding hydrogens is 450 g/mol. The Balaban J connectivity index is 1.76. The Morgan fingerprint density at radius 1 is 1.15 bits per heavy atom. The van der Waals surface area contributed by atoms with E-state index in [9.17, 15) is 4.79 Å². The van der Waals surface area contributed by atoms with Gasteiger partial charge in [-0.25, -0.2) is 4.68 Å². The Hall–Kier alpha value is -2.90. The minimum atomic E-state index is -0.0601. The van der Waals surface area contributed by atoms with Crippen LogP contribution < -0.4 is 4.74 Å². The van der Waals surface area contributed by atoms with E-state index < -0.39 is 0 Å². The number of aromatic nitrogens is 2. The molecule has 2 heterocycles. The molecule has 1 amide bonds. The molecule has 1 aromatic heterocycles. The number of amides is 1. The van der Waals surface area contributed by atoms with Gasteiger partial charge in [0.25, 0.3) is 5.91 Å². The van der Waals surface area contributed by atoms with Gasteiger partial charge in [0, 0.05) is 23.4 Å². The highest BCUT2D eigenvalue weighted by Crippen LogP contribution is 2.36. The number of hydrogen-bond donors (Lipinski definition) is 0. The van der Waals surface area contributed by atoms with Gasteiger partial charge in [-0.2, -0.15) is 5.10 Å². The van der Waals surface area contributed by atoms with Gasteiger partial charge >= 0.3 is 0 Å². The molecule has 33 heavy (non-hydrogen) atoms. The highest BCUT2D eigenvalue weighted by Gasteiger charge is 2.34. The summed E-state index contributed by atoms with van der Waals surface area (Å²) in [6.07, 6.45) is 5.95. The normalized spacial score (nSPS) is 15.2. The number of para-hydroxylation sites is 1. The zero-order valence-electron chi connectivity index (χ0n) is 19.0. The van der Waals surface area contributed by atoms with E-state index in [0.717, 1.165) is 41.1 Å². The topological polar surface area (TPSA) is 47.4 Å². The zero-order valence-corrected chi connectivity index (χ0v) is 20.7. The van der Waals surface area contributed by atoms with Gasteiger partial charge in [0.15, 0.2) is 0 Å². The number of unbranched alkanes of at least 4 members (excludes halogenated alkanes) is 1. The molecule has 0 aliphatic carbocycles. The van der Waals surface area contributed by atoms with Gasteiger partial charge in [0.2, 0.25) is 0 Å². The quantitative estimate of drug-likeness (QED) is 0.216. The minimum Gasteiger partial charge on any atom is -0.494 e. The third-order valence-corrected chi connectivity index (χ3v) is 6.59. The van der Waals surface area contributed by atoms with Crippen molar-refractivity contribution in [1.82, 2.24) is 14.7 Å². The van der Waals surface area contributed by atoms with E-state index in [1.54, 1.807) is 4.90 Å². The minimum absolute atomic E-state index is 0.0202. The second-order valence-corrected chi connectivity index (χ2v) is 9.76. The fraction of sp³-hybridized carbons (Fsp3) is 0.269. The Bertz CT molecular complexity index is 1190. The van der Waals surface area contributed by atoms with Gasteiger partial charge < -0.3 is 4.74 Å². The summed E-state index contributed by atoms with van der Waals surface area (Å²) in [5.74, 6) is 0.752. The van der Waals surface area contributed by atoms with Crippen molar-refractivity contribution >= 4 is 40.3 Å². The monoisotopic (exact) mass is 477 g/mol. The average molecular weight is 478 g/mol. The first-order chi connectivity index (χ1) is 16.0. The lowest BCUT2D eigenvalue weighted by Crippen LogP contribution is -2.34. The number of carbonyl (C=O) groups is 1. The Morgan fingerprint density at radius 2 is 1.94 bits per heavy atom. The molecule has 0 N–H and O–H groups in total. The number of benzene rings is 2. The van der Waals surface area contributed by atoms with Gasteiger partial charge in [-0.1, -0.05) is 67.7 Å². The van der Waals surface area contributed by atoms with Gasteiger partial charge in [-0.15, -0.1) is 0 Å². The molecule has 1 aliphatic rings. The van der Waals surface area contributed by atoms with Crippen LogP contribution in [0.2, 0.25) is 0 Å². The molecule has 1 aliphatic heterocycles. The third kappa shape index (κ3) is 5.20. The molecule has 0 saturated carbocycles. The number of nitrogens with zero attached hydrogens (tertiary/aromatic N) is 3. The summed E-state index contributed by atoms with van der Waals surface area (Å²) in [6, 6.07) is 17.9. The van der Waals surface area contributed by atoms with Gasteiger partial charge in [0.05, 0.1) is 17.2 Å². The highest BCUT2D eigenvalue weighted by atomic mass is 32.2. The van der Waals surface area contributed by atoms with Crippen LogP contribution >= 0.6 is 24.0 Å². The molecule has 0 spiro atoms. The van der Waals surface area contributed by atoms with Crippen molar-refractivity contribution in [2.75, 3.05) is 6.61 Å². The lowest BCUT2D eigenvalue weighted by Gasteiger charge is -2.18. The second kappa shape index (κ2) is 10.4. The number of hydrogen-bond acceptors (Lipinski definition) is 5. The number of thioether (sulfide) groups is 1. The first kappa shape index (κ1) is 23.3. The summed E-state index contributed by atoms with van der Waals surface area (Å²) in [7, 11) is 0. The Labute approximate surface area is 204 Å². The van der Waals surface area contributed by atoms with E-state index in [1.807, 2.05) is 85.4 Å². The summed E-state index contributed by atoms with van der Waals surface area (Å²) in [5.41, 5.74) is 3.52. The third-order valence-electron chi connectivity index (χ3n) is 5.26. The molecule has 2 aromatic carbocycles. The molecule has 4 rings (SSSR count). The van der Waals surface area contributed by atoms with Crippen LogP contribution in [-0.2, 0) is 4.79 Å². The molecule has 0 atom stereocenters. The van der Waals surface area contributed by atoms with Crippen molar-refractivity contribution in [2.24, 2.45) is 0 Å². The molecule has 5 nitrogen and oxygen atoms in total. The van der Waals surface area contributed by atoms with Crippen LogP contribution in [0.3, 0.4) is 0 Å². The molecule has 0 unspecified atom stereocenters. The molecule has 0 radical (unpaired) electrons. The SMILES string of the molecule is CCCCOc1cccc(-c2nn(-c3ccccc3)cc2/C=C2\SC(=S)N(C(C)C)C2=O)c1. The fourth-order valence-corrected chi connectivity index (χ4v) is 5.08. The summed E-state index contributed by atoms with van der Waals surface area (Å²) in [5, 5.41) is 4.88. The van der Waals surface area contributed by atoms with E-state index in [0.29, 0.717) is 15.8 Å². The Morgan fingerprint density at radius 3 is 2.64 bits per heavy atom. The van der Waals surface area contributed by atoms with Crippen LogP contribution in [-0.4, -0.2) is 37.6 Å². The highest BCUT2D eigenvalue weighted by molar-refractivity contribution is 8.26. The first-order valence-electron chi connectivity index (χ1n) is 11.1. The predicted octanol–water partition coefficient (Wildman–Crippen LogP) is 6.33. The van der Waals surface area contributed by atoms with Crippen molar-refractivity contribution in [1.29, 1.82) is 0 Å². The van der Waals surface area contributed by atoms with E-state index in [1.165, 1.54) is 11.8 Å². The maximum atomic E-state index is 13.0. The lowest BCUT2D eigenvalue weighted by molar-refractivity contribution is -0.123. The number of thiocarbonyl (C=S) groups is 1. The summed E-state index contributed by atoms with van der Waals surface area (Å²) < 4.78 is 8.34. The molecule has 7 heteroatoms. The van der Waals surface area contributed by atoms with Crippen molar-refractivity contribution in [3.63, 3.8) is 0 Å². The molecule has 1 saturated heterocycles. The fourth-order valence-electron chi connectivity index (χ4n) is 3.56. The average Bonchev–Trinajstić information content (AvgIpc) is 3.35. The van der Waals surface area contributed by atoms with Crippen LogP contribution in [0.5, 0.6) is 5.75 Å². The number of carbonyl (C=O) groups excluding carboxylic acids is 1. The number of rotatable bonds is 8. The van der Waals surface area contributed by atoms with Crippen molar-refractivity contribution in [3.05, 3.63) is 71.3 Å². The van der Waals surface area contributed by atoms with Gasteiger partial charge in [0.1, 0.15) is 15.8 Å². The molecule has 1 fully saturated rings. The zero-order chi connectivity index (χ0) is 23.4. The predicted molar refractivity (Wildman–Crippen MR) is 140 cm³/mol. The molecule has 3 aromatic rings. The van der Waals surface area contributed by atoms with Crippen LogP contribution in [0.1, 0.15) is 39.2 Å². The van der Waals surface area contributed by atoms with Crippen molar-refractivity contribution < 1.29 is 9.53 Å². The first-order valence-corrected chi connectivity index (χ1v) is 12.4. The molecule has 170 valence electrons. The van der Waals surface area contributed by atoms with Crippen LogP contribution in [0.4, 0.5) is 0 Å². The van der Waals surface area contributed by atoms with Crippen molar-refractivity contribution in [2.45, 2.75) is 39.7 Å². The van der Waals surface area contributed by atoms with Crippen LogP contribution in [0, 0.1) is 0 Å². The van der Waals surface area contributed by atoms with E-state index in [4.69, 9.17) is 22.1 Å². The van der Waals surface area contributed by atoms with E-state index in [-0.39, 0.29) is 11.9 Å². The van der Waals surface area contributed by atoms with Crippen LogP contribution in [0.25, 0.3) is 23.0 Å². The maximum Gasteiger partial charge on any atom is 0.266 e. The lowest BCUT2D eigenvalue weighted by atomic mass is 10.1. The second-order valence-electron chi connectivity index (χ2n) is 8.09. The Kier molecular flexibility index (Phi) is 7.30. The molecule has 0 bridgehead atoms. The van der Waals surface area contributed by atoms with Crippen molar-refractivity contribution in [3.8, 4) is 22.7 Å².